The van der Waals surface area contributed by atoms with Crippen LogP contribution in [-0.4, -0.2) is 21.9 Å². The summed E-state index contributed by atoms with van der Waals surface area (Å²) >= 11 is 0.811. The van der Waals surface area contributed by atoms with Crippen molar-refractivity contribution in [1.29, 1.82) is 0 Å². The summed E-state index contributed by atoms with van der Waals surface area (Å²) in [6.07, 6.45) is -4.00. The SMILES string of the molecule is CC[C@H](NC(=O)[C@@H]1C[C@H]1[N+](=O)[O-])c1nc(C(F)(F)F)cs1. The van der Waals surface area contributed by atoms with Crippen LogP contribution in [0.15, 0.2) is 5.38 Å². The fourth-order valence-corrected chi connectivity index (χ4v) is 2.85. The Morgan fingerprint density at radius 2 is 2.33 bits per heavy atom. The molecule has 0 aromatic carbocycles. The zero-order valence-corrected chi connectivity index (χ0v) is 11.7. The van der Waals surface area contributed by atoms with Gasteiger partial charge in [0.15, 0.2) is 5.69 Å². The molecule has 2 rings (SSSR count). The van der Waals surface area contributed by atoms with Gasteiger partial charge in [0.25, 0.3) is 0 Å². The van der Waals surface area contributed by atoms with E-state index in [9.17, 15) is 28.1 Å². The highest BCUT2D eigenvalue weighted by Gasteiger charge is 2.53. The molecule has 1 aromatic heterocycles. The number of nitro groups is 1. The number of nitrogens with one attached hydrogen (secondary N) is 1. The van der Waals surface area contributed by atoms with E-state index >= 15 is 0 Å². The van der Waals surface area contributed by atoms with Crippen molar-refractivity contribution >= 4 is 17.2 Å². The number of halogens is 3. The summed E-state index contributed by atoms with van der Waals surface area (Å²) in [6.45, 7) is 1.69. The Labute approximate surface area is 121 Å². The van der Waals surface area contributed by atoms with Gasteiger partial charge in [-0.25, -0.2) is 4.98 Å². The molecule has 6 nitrogen and oxygen atoms in total. The highest BCUT2D eigenvalue weighted by molar-refractivity contribution is 7.09. The first-order valence-electron chi connectivity index (χ1n) is 6.20. The summed E-state index contributed by atoms with van der Waals surface area (Å²) in [6, 6.07) is -1.55. The maximum absolute atomic E-state index is 12.5. The van der Waals surface area contributed by atoms with Crippen LogP contribution in [0.5, 0.6) is 0 Å². The number of hydrogen-bond donors (Lipinski definition) is 1. The number of hydrogen-bond acceptors (Lipinski definition) is 5. The van der Waals surface area contributed by atoms with E-state index in [0.29, 0.717) is 6.42 Å². The van der Waals surface area contributed by atoms with Crippen LogP contribution < -0.4 is 5.32 Å². The molecule has 0 unspecified atom stereocenters. The fraction of sp³-hybridized carbons (Fsp3) is 0.636. The van der Waals surface area contributed by atoms with Gasteiger partial charge in [0, 0.05) is 16.7 Å². The van der Waals surface area contributed by atoms with Crippen LogP contribution in [-0.2, 0) is 11.0 Å². The molecular weight excluding hydrogens is 311 g/mol. The highest BCUT2D eigenvalue weighted by atomic mass is 32.1. The second kappa shape index (κ2) is 5.58. The predicted molar refractivity (Wildman–Crippen MR) is 67.2 cm³/mol. The fourth-order valence-electron chi connectivity index (χ4n) is 1.89. The molecule has 1 aliphatic carbocycles. The first-order valence-corrected chi connectivity index (χ1v) is 7.08. The number of alkyl halides is 3. The number of nitrogens with zero attached hydrogens (tertiary/aromatic N) is 2. The van der Waals surface area contributed by atoms with Crippen molar-refractivity contribution in [3.8, 4) is 0 Å². The third-order valence-corrected chi connectivity index (χ3v) is 4.16. The van der Waals surface area contributed by atoms with Crippen LogP contribution in [0.1, 0.15) is 36.5 Å². The number of amides is 1. The first kappa shape index (κ1) is 15.7. The standard InChI is InChI=1S/C11H12F3N3O3S/c1-2-6(10-16-8(4-21-10)11(12,13)14)15-9(18)5-3-7(5)17(19)20/h4-7H,2-3H2,1H3,(H,15,18)/t5-,6+,7-/m1/s1. The monoisotopic (exact) mass is 323 g/mol. The molecule has 1 aromatic rings. The normalized spacial score (nSPS) is 22.7. The lowest BCUT2D eigenvalue weighted by atomic mass is 10.2. The third-order valence-electron chi connectivity index (χ3n) is 3.20. The van der Waals surface area contributed by atoms with Crippen LogP contribution in [0.25, 0.3) is 0 Å². The minimum atomic E-state index is -4.52. The van der Waals surface area contributed by atoms with Crippen LogP contribution in [0.3, 0.4) is 0 Å². The Hall–Kier alpha value is -1.71. The van der Waals surface area contributed by atoms with E-state index < -0.39 is 40.7 Å². The van der Waals surface area contributed by atoms with Crippen LogP contribution in [0.2, 0.25) is 0 Å². The molecule has 1 N–H and O–H groups in total. The van der Waals surface area contributed by atoms with Gasteiger partial charge in [-0.3, -0.25) is 14.9 Å². The third kappa shape index (κ3) is 3.49. The molecule has 3 atom stereocenters. The molecule has 116 valence electrons. The average molecular weight is 323 g/mol. The summed E-state index contributed by atoms with van der Waals surface area (Å²) < 4.78 is 37.5. The van der Waals surface area contributed by atoms with Crippen LogP contribution >= 0.6 is 11.3 Å². The van der Waals surface area contributed by atoms with Crippen molar-refractivity contribution in [1.82, 2.24) is 10.3 Å². The molecule has 0 spiro atoms. The van der Waals surface area contributed by atoms with Gasteiger partial charge < -0.3 is 5.32 Å². The van der Waals surface area contributed by atoms with Gasteiger partial charge in [0.2, 0.25) is 11.9 Å². The molecule has 0 radical (unpaired) electrons. The number of rotatable bonds is 5. The zero-order chi connectivity index (χ0) is 15.8. The first-order chi connectivity index (χ1) is 9.74. The van der Waals surface area contributed by atoms with E-state index in [2.05, 4.69) is 10.3 Å². The van der Waals surface area contributed by atoms with Gasteiger partial charge in [0.1, 0.15) is 10.9 Å². The van der Waals surface area contributed by atoms with Gasteiger partial charge >= 0.3 is 6.18 Å². The Bertz CT molecular complexity index is 560. The van der Waals surface area contributed by atoms with E-state index in [0.717, 1.165) is 16.7 Å². The van der Waals surface area contributed by atoms with Crippen LogP contribution in [0.4, 0.5) is 13.2 Å². The van der Waals surface area contributed by atoms with E-state index in [4.69, 9.17) is 0 Å². The second-order valence-corrected chi connectivity index (χ2v) is 5.62. The number of carbonyl (C=O) groups excluding carboxylic acids is 1. The molecule has 0 bridgehead atoms. The van der Waals surface area contributed by atoms with Gasteiger partial charge in [-0.15, -0.1) is 11.3 Å². The Morgan fingerprint density at radius 3 is 2.76 bits per heavy atom. The van der Waals surface area contributed by atoms with Crippen molar-refractivity contribution in [2.24, 2.45) is 5.92 Å². The molecule has 1 saturated carbocycles. The topological polar surface area (TPSA) is 85.1 Å². The van der Waals surface area contributed by atoms with E-state index in [1.165, 1.54) is 0 Å². The van der Waals surface area contributed by atoms with Crippen LogP contribution in [0, 0.1) is 16.0 Å². The lowest BCUT2D eigenvalue weighted by Gasteiger charge is -2.14. The quantitative estimate of drug-likeness (QED) is 0.666. The minimum Gasteiger partial charge on any atom is -0.346 e. The smallest absolute Gasteiger partial charge is 0.346 e. The summed E-state index contributed by atoms with van der Waals surface area (Å²) in [5, 5.41) is 14.1. The average Bonchev–Trinajstić information content (AvgIpc) is 3.04. The Morgan fingerprint density at radius 1 is 1.67 bits per heavy atom. The van der Waals surface area contributed by atoms with E-state index in [1.807, 2.05) is 0 Å². The zero-order valence-electron chi connectivity index (χ0n) is 10.9. The minimum absolute atomic E-state index is 0.150. The summed E-state index contributed by atoms with van der Waals surface area (Å²) in [7, 11) is 0. The van der Waals surface area contributed by atoms with E-state index in [1.54, 1.807) is 6.92 Å². The molecule has 1 heterocycles. The molecule has 1 fully saturated rings. The molecule has 0 saturated heterocycles. The Balaban J connectivity index is 2.02. The maximum Gasteiger partial charge on any atom is 0.434 e. The van der Waals surface area contributed by atoms with Crippen molar-refractivity contribution in [3.63, 3.8) is 0 Å². The molecule has 1 amide bonds. The molecule has 21 heavy (non-hydrogen) atoms. The molecule has 0 aliphatic heterocycles. The van der Waals surface area contributed by atoms with Gasteiger partial charge in [-0.05, 0) is 6.42 Å². The number of carbonyl (C=O) groups is 1. The van der Waals surface area contributed by atoms with Gasteiger partial charge in [-0.2, -0.15) is 13.2 Å². The number of thiazole rings is 1. The maximum atomic E-state index is 12.5. The molecule has 1 aliphatic rings. The molecular formula is C11H12F3N3O3S. The van der Waals surface area contributed by atoms with Gasteiger partial charge in [0.05, 0.1) is 6.04 Å². The van der Waals surface area contributed by atoms with Crippen molar-refractivity contribution < 1.29 is 22.9 Å². The lowest BCUT2D eigenvalue weighted by Crippen LogP contribution is -2.31. The largest absolute Gasteiger partial charge is 0.434 e. The Kier molecular flexibility index (Phi) is 4.17. The number of aromatic nitrogens is 1. The predicted octanol–water partition coefficient (Wildman–Crippen LogP) is 2.39. The lowest BCUT2D eigenvalue weighted by molar-refractivity contribution is -0.497. The van der Waals surface area contributed by atoms with Crippen molar-refractivity contribution in [2.75, 3.05) is 0 Å². The van der Waals surface area contributed by atoms with E-state index in [-0.39, 0.29) is 11.4 Å². The molecule has 10 heteroatoms. The van der Waals surface area contributed by atoms with Crippen molar-refractivity contribution in [3.05, 3.63) is 26.2 Å². The second-order valence-electron chi connectivity index (χ2n) is 4.73. The highest BCUT2D eigenvalue weighted by Crippen LogP contribution is 2.35. The summed E-state index contributed by atoms with van der Waals surface area (Å²) in [5.74, 6) is -1.21. The van der Waals surface area contributed by atoms with Crippen molar-refractivity contribution in [2.45, 2.75) is 38.0 Å². The summed E-state index contributed by atoms with van der Waals surface area (Å²) in [4.78, 5) is 25.3. The summed E-state index contributed by atoms with van der Waals surface area (Å²) in [5.41, 5.74) is -0.996. The van der Waals surface area contributed by atoms with Gasteiger partial charge in [-0.1, -0.05) is 6.92 Å².